The summed E-state index contributed by atoms with van der Waals surface area (Å²) in [6.07, 6.45) is 9.31. The van der Waals surface area contributed by atoms with Crippen LogP contribution in [0.4, 0.5) is 0 Å². The Morgan fingerprint density at radius 1 is 1.14 bits per heavy atom. The number of aromatic nitrogens is 1. The molecule has 10 heteroatoms. The predicted octanol–water partition coefficient (Wildman–Crippen LogP) is 3.44. The van der Waals surface area contributed by atoms with Crippen LogP contribution in [-0.4, -0.2) is 65.8 Å². The molecule has 1 aliphatic heterocycles. The number of hydrogen-bond donors (Lipinski definition) is 5. The number of phenolic OH excluding ortho intramolecular Hbond substituents is 1. The van der Waals surface area contributed by atoms with Gasteiger partial charge >= 0.3 is 0 Å². The fourth-order valence-electron chi connectivity index (χ4n) is 5.13. The fourth-order valence-corrected chi connectivity index (χ4v) is 5.84. The minimum absolute atomic E-state index is 0.101. The molecule has 9 nitrogen and oxygen atoms in total. The van der Waals surface area contributed by atoms with Crippen LogP contribution in [0, 0.1) is 5.92 Å². The molecule has 0 unspecified atom stereocenters. The molecule has 0 radical (unpaired) electrons. The zero-order chi connectivity index (χ0) is 26.6. The third kappa shape index (κ3) is 8.63. The van der Waals surface area contributed by atoms with Gasteiger partial charge in [0.25, 0.3) is 0 Å². The Kier molecular flexibility index (Phi) is 12.0. The summed E-state index contributed by atoms with van der Waals surface area (Å²) in [5, 5.41) is 18.8. The number of unbranched alkanes of at least 4 members (excludes halogenated alkanes) is 2. The van der Waals surface area contributed by atoms with E-state index in [9.17, 15) is 14.7 Å². The Hall–Kier alpha value is -2.27. The Bertz CT molecular complexity index is 1020. The second kappa shape index (κ2) is 15.2. The molecule has 2 amide bonds. The van der Waals surface area contributed by atoms with Crippen molar-refractivity contribution < 1.29 is 19.5 Å². The molecular formula is C27H43N5O4S. The molecule has 1 aromatic carbocycles. The van der Waals surface area contributed by atoms with Crippen molar-refractivity contribution >= 4 is 34.5 Å². The van der Waals surface area contributed by atoms with Gasteiger partial charge in [0.05, 0.1) is 10.5 Å². The quantitative estimate of drug-likeness (QED) is 0.135. The van der Waals surface area contributed by atoms with Crippen molar-refractivity contribution in [1.29, 1.82) is 0 Å². The van der Waals surface area contributed by atoms with Gasteiger partial charge in [0.2, 0.25) is 11.8 Å². The van der Waals surface area contributed by atoms with Crippen LogP contribution in [0.5, 0.6) is 5.75 Å². The summed E-state index contributed by atoms with van der Waals surface area (Å²) in [5.74, 6) is 5.70. The van der Waals surface area contributed by atoms with E-state index in [1.165, 1.54) is 16.0 Å². The topological polar surface area (TPSA) is 133 Å². The number of piperidine rings is 1. The molecule has 37 heavy (non-hydrogen) atoms. The van der Waals surface area contributed by atoms with Crippen molar-refractivity contribution in [1.82, 2.24) is 20.5 Å². The van der Waals surface area contributed by atoms with E-state index in [2.05, 4.69) is 38.5 Å². The van der Waals surface area contributed by atoms with Crippen LogP contribution in [-0.2, 0) is 27.4 Å². The highest BCUT2D eigenvalue weighted by Crippen LogP contribution is 2.35. The molecule has 0 atom stereocenters. The molecule has 1 aliphatic rings. The van der Waals surface area contributed by atoms with Gasteiger partial charge in [0.1, 0.15) is 12.4 Å². The summed E-state index contributed by atoms with van der Waals surface area (Å²) in [6.45, 7) is 6.08. The van der Waals surface area contributed by atoms with Gasteiger partial charge in [-0.05, 0) is 81.5 Å². The average Bonchev–Trinajstić information content (AvgIpc) is 3.27. The molecule has 1 fully saturated rings. The molecule has 0 spiro atoms. The molecule has 2 heterocycles. The number of phenols is 1. The molecule has 206 valence electrons. The number of thioether (sulfide) groups is 1. The highest BCUT2D eigenvalue weighted by atomic mass is 32.2. The maximum atomic E-state index is 12.1. The normalized spacial score (nSPS) is 14.8. The first-order valence-corrected chi connectivity index (χ1v) is 14.7. The van der Waals surface area contributed by atoms with Gasteiger partial charge in [-0.15, -0.1) is 11.8 Å². The van der Waals surface area contributed by atoms with Crippen LogP contribution in [0.1, 0.15) is 63.0 Å². The third-order valence-electron chi connectivity index (χ3n) is 7.26. The SMILES string of the molecule is CCc1c(SC)[nH]c2c(CN3CCC(CCNC(=O)CCCCCNC(=O)CON)CC3)c(O)ccc12. The summed E-state index contributed by atoms with van der Waals surface area (Å²) in [5.41, 5.74) is 3.38. The molecule has 3 rings (SSSR count). The maximum absolute atomic E-state index is 12.1. The molecule has 0 bridgehead atoms. The van der Waals surface area contributed by atoms with Gasteiger partial charge in [0, 0.05) is 37.0 Å². The number of fused-ring (bicyclic) bond motifs is 1. The Morgan fingerprint density at radius 2 is 1.89 bits per heavy atom. The number of nitrogens with one attached hydrogen (secondary N) is 3. The highest BCUT2D eigenvalue weighted by Gasteiger charge is 2.22. The van der Waals surface area contributed by atoms with E-state index in [4.69, 9.17) is 5.90 Å². The molecule has 0 aliphatic carbocycles. The van der Waals surface area contributed by atoms with E-state index in [1.807, 2.05) is 12.1 Å². The second-order valence-electron chi connectivity index (χ2n) is 9.81. The standard InChI is InChI=1S/C27H43N5O4S/c1-3-20-21-8-9-23(33)22(26(21)31-27(20)37-2)17-32-15-11-19(12-16-32)10-14-30-24(34)7-5-4-6-13-29-25(35)18-36-28/h8-9,19,31,33H,3-7,10-18,28H2,1-2H3,(H,29,35)(H,30,34). The number of H-pyrrole nitrogens is 1. The van der Waals surface area contributed by atoms with Crippen molar-refractivity contribution in [2.24, 2.45) is 11.8 Å². The number of amides is 2. The second-order valence-corrected chi connectivity index (χ2v) is 10.6. The number of hydrogen-bond acceptors (Lipinski definition) is 7. The number of carbonyl (C=O) groups excluding carboxylic acids is 2. The number of nitrogens with zero attached hydrogens (tertiary/aromatic N) is 1. The van der Waals surface area contributed by atoms with Crippen LogP contribution in [0.2, 0.25) is 0 Å². The first-order chi connectivity index (χ1) is 18.0. The number of benzene rings is 1. The largest absolute Gasteiger partial charge is 0.508 e. The molecule has 2 aromatic rings. The van der Waals surface area contributed by atoms with Crippen LogP contribution < -0.4 is 16.5 Å². The van der Waals surface area contributed by atoms with Gasteiger partial charge in [0.15, 0.2) is 0 Å². The zero-order valence-corrected chi connectivity index (χ0v) is 23.1. The van der Waals surface area contributed by atoms with Gasteiger partial charge in [-0.1, -0.05) is 13.3 Å². The van der Waals surface area contributed by atoms with Crippen molar-refractivity contribution in [3.63, 3.8) is 0 Å². The summed E-state index contributed by atoms with van der Waals surface area (Å²) in [6, 6.07) is 3.87. The molecule has 1 aromatic heterocycles. The lowest BCUT2D eigenvalue weighted by Crippen LogP contribution is -2.35. The van der Waals surface area contributed by atoms with Gasteiger partial charge in [-0.25, -0.2) is 5.90 Å². The van der Waals surface area contributed by atoms with Gasteiger partial charge in [-0.3, -0.25) is 19.3 Å². The molecule has 1 saturated heterocycles. The maximum Gasteiger partial charge on any atom is 0.248 e. The Labute approximate surface area is 224 Å². The summed E-state index contributed by atoms with van der Waals surface area (Å²) < 4.78 is 0. The van der Waals surface area contributed by atoms with Crippen molar-refractivity contribution in [3.8, 4) is 5.75 Å². The van der Waals surface area contributed by atoms with Gasteiger partial charge in [-0.2, -0.15) is 0 Å². The summed E-state index contributed by atoms with van der Waals surface area (Å²) >= 11 is 1.72. The summed E-state index contributed by atoms with van der Waals surface area (Å²) in [4.78, 5) is 33.6. The van der Waals surface area contributed by atoms with Crippen molar-refractivity contribution in [3.05, 3.63) is 23.3 Å². The monoisotopic (exact) mass is 533 g/mol. The van der Waals surface area contributed by atoms with Crippen molar-refractivity contribution in [2.75, 3.05) is 39.0 Å². The van der Waals surface area contributed by atoms with Crippen molar-refractivity contribution in [2.45, 2.75) is 69.9 Å². The lowest BCUT2D eigenvalue weighted by molar-refractivity contribution is -0.126. The first-order valence-electron chi connectivity index (χ1n) is 13.4. The summed E-state index contributed by atoms with van der Waals surface area (Å²) in [7, 11) is 0. The Balaban J connectivity index is 1.33. The lowest BCUT2D eigenvalue weighted by atomic mass is 9.93. The molecule has 0 saturated carbocycles. The van der Waals surface area contributed by atoms with Crippen LogP contribution in [0.3, 0.4) is 0 Å². The minimum Gasteiger partial charge on any atom is -0.508 e. The van der Waals surface area contributed by atoms with E-state index >= 15 is 0 Å². The van der Waals surface area contributed by atoms with Crippen LogP contribution in [0.25, 0.3) is 10.9 Å². The fraction of sp³-hybridized carbons (Fsp3) is 0.630. The number of likely N-dealkylation sites (tertiary alicyclic amines) is 1. The van der Waals surface area contributed by atoms with Gasteiger partial charge < -0.3 is 20.7 Å². The minimum atomic E-state index is -0.225. The molecule has 6 N–H and O–H groups in total. The number of aromatic hydroxyl groups is 1. The Morgan fingerprint density at radius 3 is 2.59 bits per heavy atom. The molecular weight excluding hydrogens is 490 g/mol. The number of rotatable bonds is 15. The lowest BCUT2D eigenvalue weighted by Gasteiger charge is -2.32. The average molecular weight is 534 g/mol. The van der Waals surface area contributed by atoms with Crippen LogP contribution >= 0.6 is 11.8 Å². The van der Waals surface area contributed by atoms with E-state index in [0.29, 0.717) is 24.6 Å². The zero-order valence-electron chi connectivity index (χ0n) is 22.2. The third-order valence-corrected chi connectivity index (χ3v) is 8.02. The predicted molar refractivity (Wildman–Crippen MR) is 148 cm³/mol. The number of aryl methyl sites for hydroxylation is 1. The van der Waals surface area contributed by atoms with Crippen LogP contribution in [0.15, 0.2) is 17.2 Å². The smallest absolute Gasteiger partial charge is 0.248 e. The van der Waals surface area contributed by atoms with E-state index in [-0.39, 0.29) is 18.4 Å². The highest BCUT2D eigenvalue weighted by molar-refractivity contribution is 7.98. The van der Waals surface area contributed by atoms with E-state index in [1.54, 1.807) is 11.8 Å². The first kappa shape index (κ1) is 29.3. The van der Waals surface area contributed by atoms with E-state index < -0.39 is 0 Å². The number of carbonyl (C=O) groups is 2. The number of nitrogens with two attached hydrogens (primary N) is 1. The van der Waals surface area contributed by atoms with E-state index in [0.717, 1.165) is 82.2 Å². The number of aromatic amines is 1.